The average Bonchev–Trinajstić information content (AvgIpc) is 2.76. The smallest absolute Gasteiger partial charge is 0.341 e. The summed E-state index contributed by atoms with van der Waals surface area (Å²) in [6.07, 6.45) is 4.08. The Morgan fingerprint density at radius 2 is 2.00 bits per heavy atom. The van der Waals surface area contributed by atoms with E-state index in [1.807, 2.05) is 6.92 Å². The number of hydrogen-bond acceptors (Lipinski definition) is 4. The number of nitrogens with one attached hydrogen (secondary N) is 2. The van der Waals surface area contributed by atoms with Crippen molar-refractivity contribution in [3.8, 4) is 0 Å². The normalized spacial score (nSPS) is 13.5. The Balaban J connectivity index is 2.31. The van der Waals surface area contributed by atoms with Crippen molar-refractivity contribution in [2.24, 2.45) is 0 Å². The molecule has 0 radical (unpaired) electrons. The lowest BCUT2D eigenvalue weighted by atomic mass is 9.95. The van der Waals surface area contributed by atoms with Crippen LogP contribution < -0.4 is 10.6 Å². The van der Waals surface area contributed by atoms with Crippen molar-refractivity contribution in [2.45, 2.75) is 39.5 Å². The molecule has 0 bridgehead atoms. The highest BCUT2D eigenvalue weighted by molar-refractivity contribution is 7.17. The summed E-state index contributed by atoms with van der Waals surface area (Å²) in [6, 6.07) is -0.281. The summed E-state index contributed by atoms with van der Waals surface area (Å²) in [5, 5.41) is 6.06. The lowest BCUT2D eigenvalue weighted by Gasteiger charge is -2.12. The topological polar surface area (TPSA) is 67.4 Å². The summed E-state index contributed by atoms with van der Waals surface area (Å²) in [5.74, 6) is -0.335. The van der Waals surface area contributed by atoms with Crippen molar-refractivity contribution in [2.75, 3.05) is 18.5 Å². The van der Waals surface area contributed by atoms with Gasteiger partial charge < -0.3 is 10.1 Å². The molecule has 2 amide bonds. The number of thiophene rings is 1. The van der Waals surface area contributed by atoms with Gasteiger partial charge in [-0.3, -0.25) is 5.32 Å². The zero-order valence-electron chi connectivity index (χ0n) is 11.9. The first-order valence-corrected chi connectivity index (χ1v) is 7.85. The third-order valence-electron chi connectivity index (χ3n) is 3.22. The number of carbonyl (C=O) groups is 2. The lowest BCUT2D eigenvalue weighted by Crippen LogP contribution is -2.28. The summed E-state index contributed by atoms with van der Waals surface area (Å²) >= 11 is 1.50. The maximum Gasteiger partial charge on any atom is 0.341 e. The number of aryl methyl sites for hydroxylation is 1. The van der Waals surface area contributed by atoms with E-state index >= 15 is 0 Å². The zero-order chi connectivity index (χ0) is 14.5. The second-order valence-corrected chi connectivity index (χ2v) is 5.73. The number of rotatable bonds is 4. The monoisotopic (exact) mass is 296 g/mol. The molecule has 1 aliphatic rings. The maximum absolute atomic E-state index is 12.2. The van der Waals surface area contributed by atoms with Gasteiger partial charge >= 0.3 is 12.0 Å². The lowest BCUT2D eigenvalue weighted by molar-refractivity contribution is 0.0526. The van der Waals surface area contributed by atoms with Crippen LogP contribution in [-0.4, -0.2) is 25.2 Å². The number of esters is 1. The molecule has 0 spiro atoms. The van der Waals surface area contributed by atoms with Crippen LogP contribution in [0.2, 0.25) is 0 Å². The fraction of sp³-hybridized carbons (Fsp3) is 0.571. The Morgan fingerprint density at radius 3 is 2.70 bits per heavy atom. The van der Waals surface area contributed by atoms with E-state index in [9.17, 15) is 9.59 Å². The number of amides is 2. The van der Waals surface area contributed by atoms with Gasteiger partial charge in [-0.2, -0.15) is 0 Å². The highest BCUT2D eigenvalue weighted by Gasteiger charge is 2.27. The van der Waals surface area contributed by atoms with Gasteiger partial charge in [0.15, 0.2) is 0 Å². The molecule has 0 aliphatic heterocycles. The molecular weight excluding hydrogens is 276 g/mol. The molecule has 1 heterocycles. The van der Waals surface area contributed by atoms with E-state index in [1.165, 1.54) is 16.2 Å². The third kappa shape index (κ3) is 3.12. The molecule has 0 unspecified atom stereocenters. The van der Waals surface area contributed by atoms with Crippen molar-refractivity contribution in [1.82, 2.24) is 5.32 Å². The van der Waals surface area contributed by atoms with Gasteiger partial charge in [-0.05, 0) is 45.1 Å². The van der Waals surface area contributed by atoms with Gasteiger partial charge in [0.2, 0.25) is 0 Å². The van der Waals surface area contributed by atoms with Crippen LogP contribution >= 0.6 is 11.3 Å². The van der Waals surface area contributed by atoms with Crippen molar-refractivity contribution in [1.29, 1.82) is 0 Å². The van der Waals surface area contributed by atoms with Crippen molar-refractivity contribution in [3.63, 3.8) is 0 Å². The first-order chi connectivity index (χ1) is 9.67. The average molecular weight is 296 g/mol. The molecule has 1 aromatic rings. The van der Waals surface area contributed by atoms with Gasteiger partial charge in [-0.1, -0.05) is 0 Å². The van der Waals surface area contributed by atoms with Crippen LogP contribution in [0.15, 0.2) is 0 Å². The highest BCUT2D eigenvalue weighted by Crippen LogP contribution is 2.38. The molecule has 2 N–H and O–H groups in total. The molecule has 0 saturated carbocycles. The fourth-order valence-electron chi connectivity index (χ4n) is 2.38. The molecule has 1 aromatic heterocycles. The van der Waals surface area contributed by atoms with E-state index in [0.29, 0.717) is 23.7 Å². The van der Waals surface area contributed by atoms with E-state index in [1.54, 1.807) is 6.92 Å². The second kappa shape index (κ2) is 6.74. The van der Waals surface area contributed by atoms with Gasteiger partial charge in [0.05, 0.1) is 12.2 Å². The van der Waals surface area contributed by atoms with E-state index in [2.05, 4.69) is 10.6 Å². The van der Waals surface area contributed by atoms with Crippen LogP contribution in [0.25, 0.3) is 0 Å². The minimum Gasteiger partial charge on any atom is -0.462 e. The fourth-order valence-corrected chi connectivity index (χ4v) is 3.65. The molecule has 6 heteroatoms. The molecule has 0 saturated heterocycles. The largest absolute Gasteiger partial charge is 0.462 e. The van der Waals surface area contributed by atoms with Crippen LogP contribution in [0.5, 0.6) is 0 Å². The van der Waals surface area contributed by atoms with Crippen molar-refractivity contribution < 1.29 is 14.3 Å². The van der Waals surface area contributed by atoms with Gasteiger partial charge in [-0.25, -0.2) is 9.59 Å². The molecule has 20 heavy (non-hydrogen) atoms. The number of ether oxygens (including phenoxy) is 1. The molecule has 2 rings (SSSR count). The summed E-state index contributed by atoms with van der Waals surface area (Å²) in [6.45, 7) is 4.52. The van der Waals surface area contributed by atoms with Crippen LogP contribution in [0.1, 0.15) is 47.5 Å². The van der Waals surface area contributed by atoms with Gasteiger partial charge in [-0.15, -0.1) is 11.3 Å². The first-order valence-electron chi connectivity index (χ1n) is 7.03. The highest BCUT2D eigenvalue weighted by atomic mass is 32.1. The standard InChI is InChI=1S/C14H20N2O3S/c1-3-15-14(18)16-12-11(13(17)19-4-2)9-7-5-6-8-10(9)20-12/h3-8H2,1-2H3,(H2,15,16,18). The number of carbonyl (C=O) groups excluding carboxylic acids is 2. The predicted octanol–water partition coefficient (Wildman–Crippen LogP) is 2.95. The quantitative estimate of drug-likeness (QED) is 0.839. The van der Waals surface area contributed by atoms with Crippen molar-refractivity contribution in [3.05, 3.63) is 16.0 Å². The Morgan fingerprint density at radius 1 is 1.25 bits per heavy atom. The first kappa shape index (κ1) is 14.8. The Kier molecular flexibility index (Phi) is 5.00. The number of anilines is 1. The SMILES string of the molecule is CCNC(=O)Nc1sc2c(c1C(=O)OCC)CCCC2. The molecule has 5 nitrogen and oxygen atoms in total. The summed E-state index contributed by atoms with van der Waals surface area (Å²) in [7, 11) is 0. The minimum atomic E-state index is -0.335. The zero-order valence-corrected chi connectivity index (χ0v) is 12.7. The van der Waals surface area contributed by atoms with Gasteiger partial charge in [0.25, 0.3) is 0 Å². The predicted molar refractivity (Wildman–Crippen MR) is 79.6 cm³/mol. The van der Waals surface area contributed by atoms with Gasteiger partial charge in [0.1, 0.15) is 5.00 Å². The van der Waals surface area contributed by atoms with E-state index in [4.69, 9.17) is 4.74 Å². The number of urea groups is 1. The van der Waals surface area contributed by atoms with Gasteiger partial charge in [0, 0.05) is 11.4 Å². The molecule has 1 aliphatic carbocycles. The van der Waals surface area contributed by atoms with Crippen LogP contribution in [0.4, 0.5) is 9.80 Å². The number of fused-ring (bicyclic) bond motifs is 1. The minimum absolute atomic E-state index is 0.281. The molecular formula is C14H20N2O3S. The van der Waals surface area contributed by atoms with Crippen LogP contribution in [-0.2, 0) is 17.6 Å². The summed E-state index contributed by atoms with van der Waals surface area (Å²) < 4.78 is 5.13. The third-order valence-corrected chi connectivity index (χ3v) is 4.42. The van der Waals surface area contributed by atoms with E-state index < -0.39 is 0 Å². The molecule has 0 aromatic carbocycles. The van der Waals surface area contributed by atoms with Crippen LogP contribution in [0, 0.1) is 0 Å². The maximum atomic E-state index is 12.2. The Hall–Kier alpha value is -1.56. The Labute approximate surface area is 122 Å². The molecule has 110 valence electrons. The molecule has 0 fully saturated rings. The Bertz CT molecular complexity index is 511. The number of hydrogen-bond donors (Lipinski definition) is 2. The summed E-state index contributed by atoms with van der Waals surface area (Å²) in [5.41, 5.74) is 1.62. The van der Waals surface area contributed by atoms with Crippen molar-refractivity contribution >= 4 is 28.3 Å². The molecule has 0 atom stereocenters. The van der Waals surface area contributed by atoms with Crippen LogP contribution in [0.3, 0.4) is 0 Å². The van der Waals surface area contributed by atoms with E-state index in [-0.39, 0.29) is 12.0 Å². The second-order valence-electron chi connectivity index (χ2n) is 4.62. The summed E-state index contributed by atoms with van der Waals surface area (Å²) in [4.78, 5) is 25.0. The van der Waals surface area contributed by atoms with E-state index in [0.717, 1.165) is 31.2 Å².